The van der Waals surface area contributed by atoms with Crippen LogP contribution in [0.5, 0.6) is 5.88 Å². The van der Waals surface area contributed by atoms with Gasteiger partial charge >= 0.3 is 0 Å². The summed E-state index contributed by atoms with van der Waals surface area (Å²) >= 11 is 0. The van der Waals surface area contributed by atoms with E-state index in [1.165, 1.54) is 6.33 Å². The van der Waals surface area contributed by atoms with E-state index in [1.54, 1.807) is 12.3 Å². The summed E-state index contributed by atoms with van der Waals surface area (Å²) in [5, 5.41) is 0. The molecule has 5 heteroatoms. The number of likely N-dealkylation sites (tertiary alicyclic amines) is 1. The Morgan fingerprint density at radius 1 is 1.24 bits per heavy atom. The van der Waals surface area contributed by atoms with Gasteiger partial charge in [0.25, 0.3) is 5.91 Å². The summed E-state index contributed by atoms with van der Waals surface area (Å²) in [5.74, 6) is 0.621. The van der Waals surface area contributed by atoms with Crippen molar-refractivity contribution in [1.29, 1.82) is 0 Å². The quantitative estimate of drug-likeness (QED) is 0.866. The number of aromatic nitrogens is 2. The summed E-state index contributed by atoms with van der Waals surface area (Å²) in [7, 11) is 0. The molecule has 108 valence electrons. The molecule has 1 amide bonds. The topological polar surface area (TPSA) is 55.3 Å². The summed E-state index contributed by atoms with van der Waals surface area (Å²) < 4.78 is 5.83. The monoisotopic (exact) mass is 283 g/mol. The number of rotatable bonds is 3. The molecule has 21 heavy (non-hydrogen) atoms. The number of amides is 1. The normalized spacial score (nSPS) is 18.3. The van der Waals surface area contributed by atoms with Crippen LogP contribution in [-0.2, 0) is 0 Å². The van der Waals surface area contributed by atoms with Crippen molar-refractivity contribution in [2.24, 2.45) is 0 Å². The Kier molecular flexibility index (Phi) is 4.09. The molecule has 3 rings (SSSR count). The number of benzene rings is 1. The van der Waals surface area contributed by atoms with Crippen LogP contribution in [0.2, 0.25) is 0 Å². The van der Waals surface area contributed by atoms with Gasteiger partial charge in [-0.15, -0.1) is 0 Å². The lowest BCUT2D eigenvalue weighted by atomic mass is 10.1. The van der Waals surface area contributed by atoms with E-state index in [4.69, 9.17) is 4.74 Å². The van der Waals surface area contributed by atoms with Gasteiger partial charge in [-0.25, -0.2) is 9.97 Å². The molecule has 1 aromatic carbocycles. The average molecular weight is 283 g/mol. The Bertz CT molecular complexity index is 589. The summed E-state index contributed by atoms with van der Waals surface area (Å²) in [5.41, 5.74) is 0.722. The van der Waals surface area contributed by atoms with E-state index in [0.717, 1.165) is 24.9 Å². The van der Waals surface area contributed by atoms with E-state index in [-0.39, 0.29) is 12.0 Å². The van der Waals surface area contributed by atoms with Crippen molar-refractivity contribution in [3.05, 3.63) is 54.5 Å². The van der Waals surface area contributed by atoms with E-state index < -0.39 is 0 Å². The maximum atomic E-state index is 12.4. The number of ether oxygens (including phenoxy) is 1. The fourth-order valence-electron chi connectivity index (χ4n) is 2.50. The van der Waals surface area contributed by atoms with Crippen molar-refractivity contribution in [3.63, 3.8) is 0 Å². The standard InChI is InChI=1S/C16H17N3O2/c20-16(13-5-2-1-3-6-13)19-10-4-7-14(11-19)21-15-8-9-17-12-18-15/h1-3,5-6,8-9,12,14H,4,7,10-11H2/t14-/m0/s1. The highest BCUT2D eigenvalue weighted by atomic mass is 16.5. The maximum absolute atomic E-state index is 12.4. The van der Waals surface area contributed by atoms with Crippen molar-refractivity contribution in [3.8, 4) is 5.88 Å². The zero-order valence-corrected chi connectivity index (χ0v) is 11.7. The molecule has 1 atom stereocenters. The SMILES string of the molecule is O=C(c1ccccc1)N1CCC[C@H](Oc2ccncn2)C1. The van der Waals surface area contributed by atoms with Crippen LogP contribution in [0.1, 0.15) is 23.2 Å². The van der Waals surface area contributed by atoms with Gasteiger partial charge in [0.05, 0.1) is 6.54 Å². The van der Waals surface area contributed by atoms with Crippen molar-refractivity contribution in [2.45, 2.75) is 18.9 Å². The summed E-state index contributed by atoms with van der Waals surface area (Å²) in [6.45, 7) is 1.37. The highest BCUT2D eigenvalue weighted by Gasteiger charge is 2.25. The third-order valence-corrected chi connectivity index (χ3v) is 3.53. The molecule has 0 unspecified atom stereocenters. The van der Waals surface area contributed by atoms with Crippen molar-refractivity contribution >= 4 is 5.91 Å². The van der Waals surface area contributed by atoms with Gasteiger partial charge in [-0.2, -0.15) is 0 Å². The average Bonchev–Trinajstić information content (AvgIpc) is 2.56. The predicted molar refractivity (Wildman–Crippen MR) is 78.0 cm³/mol. The smallest absolute Gasteiger partial charge is 0.253 e. The lowest BCUT2D eigenvalue weighted by molar-refractivity contribution is 0.0527. The van der Waals surface area contributed by atoms with E-state index in [0.29, 0.717) is 12.4 Å². The lowest BCUT2D eigenvalue weighted by Gasteiger charge is -2.32. The molecule has 0 spiro atoms. The van der Waals surface area contributed by atoms with Crippen LogP contribution >= 0.6 is 0 Å². The molecule has 1 fully saturated rings. The first kappa shape index (κ1) is 13.5. The molecule has 2 aromatic rings. The minimum absolute atomic E-state index is 0.0127. The number of carbonyl (C=O) groups is 1. The van der Waals surface area contributed by atoms with E-state index in [9.17, 15) is 4.79 Å². The first-order valence-electron chi connectivity index (χ1n) is 7.10. The Labute approximate surface area is 123 Å². The summed E-state index contributed by atoms with van der Waals surface area (Å²) in [4.78, 5) is 22.2. The molecule has 2 heterocycles. The Hall–Kier alpha value is -2.43. The van der Waals surface area contributed by atoms with Crippen LogP contribution in [0.3, 0.4) is 0 Å². The Balaban J connectivity index is 1.64. The van der Waals surface area contributed by atoms with Gasteiger partial charge in [-0.3, -0.25) is 4.79 Å². The molecule has 0 N–H and O–H groups in total. The largest absolute Gasteiger partial charge is 0.472 e. The van der Waals surface area contributed by atoms with Crippen molar-refractivity contribution in [2.75, 3.05) is 13.1 Å². The van der Waals surface area contributed by atoms with Crippen LogP contribution in [0.25, 0.3) is 0 Å². The molecule has 0 aliphatic carbocycles. The first-order valence-corrected chi connectivity index (χ1v) is 7.10. The second kappa shape index (κ2) is 6.35. The fourth-order valence-corrected chi connectivity index (χ4v) is 2.50. The molecular formula is C16H17N3O2. The fraction of sp³-hybridized carbons (Fsp3) is 0.312. The van der Waals surface area contributed by atoms with Gasteiger partial charge < -0.3 is 9.64 Å². The molecule has 1 aliphatic rings. The zero-order valence-electron chi connectivity index (χ0n) is 11.7. The zero-order chi connectivity index (χ0) is 14.5. The van der Waals surface area contributed by atoms with Crippen LogP contribution in [-0.4, -0.2) is 40.0 Å². The van der Waals surface area contributed by atoms with Crippen molar-refractivity contribution < 1.29 is 9.53 Å². The lowest BCUT2D eigenvalue weighted by Crippen LogP contribution is -2.44. The Morgan fingerprint density at radius 2 is 2.10 bits per heavy atom. The van der Waals surface area contributed by atoms with Crippen LogP contribution < -0.4 is 4.74 Å². The molecule has 1 saturated heterocycles. The molecule has 0 radical (unpaired) electrons. The third kappa shape index (κ3) is 3.37. The van der Waals surface area contributed by atoms with Crippen LogP contribution in [0, 0.1) is 0 Å². The highest BCUT2D eigenvalue weighted by Crippen LogP contribution is 2.18. The van der Waals surface area contributed by atoms with E-state index in [2.05, 4.69) is 9.97 Å². The molecule has 5 nitrogen and oxygen atoms in total. The minimum Gasteiger partial charge on any atom is -0.472 e. The van der Waals surface area contributed by atoms with Gasteiger partial charge in [0.15, 0.2) is 0 Å². The third-order valence-electron chi connectivity index (χ3n) is 3.53. The van der Waals surface area contributed by atoms with Gasteiger partial charge in [0.2, 0.25) is 5.88 Å². The molecule has 0 bridgehead atoms. The highest BCUT2D eigenvalue weighted by molar-refractivity contribution is 5.94. The molecular weight excluding hydrogens is 266 g/mol. The number of carbonyl (C=O) groups excluding carboxylic acids is 1. The van der Waals surface area contributed by atoms with Crippen LogP contribution in [0.4, 0.5) is 0 Å². The van der Waals surface area contributed by atoms with Gasteiger partial charge in [-0.1, -0.05) is 18.2 Å². The second-order valence-electron chi connectivity index (χ2n) is 5.05. The molecule has 1 aliphatic heterocycles. The van der Waals surface area contributed by atoms with Crippen molar-refractivity contribution in [1.82, 2.24) is 14.9 Å². The molecule has 1 aromatic heterocycles. The number of hydrogen-bond acceptors (Lipinski definition) is 4. The van der Waals surface area contributed by atoms with E-state index in [1.807, 2.05) is 35.2 Å². The summed E-state index contributed by atoms with van der Waals surface area (Å²) in [6, 6.07) is 11.1. The number of nitrogens with zero attached hydrogens (tertiary/aromatic N) is 3. The van der Waals surface area contributed by atoms with Crippen LogP contribution in [0.15, 0.2) is 48.9 Å². The maximum Gasteiger partial charge on any atom is 0.253 e. The van der Waals surface area contributed by atoms with Gasteiger partial charge in [0.1, 0.15) is 12.4 Å². The first-order chi connectivity index (χ1) is 10.3. The van der Waals surface area contributed by atoms with Gasteiger partial charge in [-0.05, 0) is 25.0 Å². The number of piperidine rings is 1. The molecule has 0 saturated carbocycles. The summed E-state index contributed by atoms with van der Waals surface area (Å²) in [6.07, 6.45) is 4.97. The second-order valence-corrected chi connectivity index (χ2v) is 5.05. The predicted octanol–water partition coefficient (Wildman–Crippen LogP) is 2.16. The minimum atomic E-state index is -0.0127. The Morgan fingerprint density at radius 3 is 2.86 bits per heavy atom. The number of hydrogen-bond donors (Lipinski definition) is 0. The van der Waals surface area contributed by atoms with Gasteiger partial charge in [0, 0.05) is 24.4 Å². The van der Waals surface area contributed by atoms with E-state index >= 15 is 0 Å².